The van der Waals surface area contributed by atoms with Gasteiger partial charge >= 0.3 is 11.9 Å². The normalized spacial score (nSPS) is 11.9. The van der Waals surface area contributed by atoms with Gasteiger partial charge in [-0.05, 0) is 104 Å². The Hall–Kier alpha value is -2.96. The fourth-order valence-corrected chi connectivity index (χ4v) is 6.38. The Balaban J connectivity index is 0.000000489. The van der Waals surface area contributed by atoms with Gasteiger partial charge in [0.2, 0.25) is 12.5 Å². The summed E-state index contributed by atoms with van der Waals surface area (Å²) >= 11 is 41.5. The highest BCUT2D eigenvalue weighted by Gasteiger charge is 2.35. The molecule has 4 aromatic rings. The summed E-state index contributed by atoms with van der Waals surface area (Å²) < 4.78 is 27.7. The number of carbonyl (C=O) groups excluding carboxylic acids is 3. The molecule has 9 nitrogen and oxygen atoms in total. The van der Waals surface area contributed by atoms with Crippen LogP contribution in [-0.4, -0.2) is 64.2 Å². The first-order valence-electron chi connectivity index (χ1n) is 15.4. The zero-order chi connectivity index (χ0) is 39.6. The van der Waals surface area contributed by atoms with Crippen molar-refractivity contribution < 1.29 is 38.1 Å². The fraction of sp³-hybridized carbons (Fsp3) is 0.270. The van der Waals surface area contributed by atoms with Crippen LogP contribution in [0.2, 0.25) is 30.1 Å². The molecule has 53 heavy (non-hydrogen) atoms. The number of rotatable bonds is 13. The summed E-state index contributed by atoms with van der Waals surface area (Å²) in [5.74, 6) is -1.29. The van der Waals surface area contributed by atoms with Gasteiger partial charge in [0, 0.05) is 30.0 Å². The molecule has 4 rings (SSSR count). The lowest BCUT2D eigenvalue weighted by Crippen LogP contribution is -2.52. The SMILES string of the molecule is COCC(OC(=O)c1cc(Cl)ccc1Cl)N(c1cc(C)c(C)cc1C)C(COC)OC(=O)c1cc(Cl)ccc1Cl.COc1c(Cl)ccc(Cl)c1C(=O)Cl. The number of esters is 2. The van der Waals surface area contributed by atoms with E-state index in [1.807, 2.05) is 32.9 Å². The highest BCUT2D eigenvalue weighted by Crippen LogP contribution is 2.35. The monoisotopic (exact) mass is 865 g/mol. The van der Waals surface area contributed by atoms with Crippen molar-refractivity contribution in [3.05, 3.63) is 124 Å². The highest BCUT2D eigenvalue weighted by molar-refractivity contribution is 6.69. The number of aryl methyl sites for hydroxylation is 3. The van der Waals surface area contributed by atoms with E-state index in [0.717, 1.165) is 16.7 Å². The first-order chi connectivity index (χ1) is 25.0. The highest BCUT2D eigenvalue weighted by atomic mass is 35.5. The number of methoxy groups -OCH3 is 3. The molecule has 16 heteroatoms. The molecule has 0 aromatic heterocycles. The van der Waals surface area contributed by atoms with Gasteiger partial charge in [-0.15, -0.1) is 0 Å². The molecule has 0 saturated heterocycles. The van der Waals surface area contributed by atoms with Crippen LogP contribution in [-0.2, 0) is 18.9 Å². The topological polar surface area (TPSA) is 101 Å². The Kier molecular flexibility index (Phi) is 17.3. The largest absolute Gasteiger partial charge is 0.494 e. The molecule has 0 N–H and O–H groups in total. The number of ether oxygens (including phenoxy) is 5. The van der Waals surface area contributed by atoms with Crippen molar-refractivity contribution in [2.45, 2.75) is 33.2 Å². The van der Waals surface area contributed by atoms with Crippen LogP contribution in [0.25, 0.3) is 0 Å². The van der Waals surface area contributed by atoms with Crippen LogP contribution >= 0.6 is 81.2 Å². The molecule has 2 atom stereocenters. The van der Waals surface area contributed by atoms with Gasteiger partial charge in [-0.1, -0.05) is 75.7 Å². The van der Waals surface area contributed by atoms with E-state index in [1.165, 1.54) is 57.7 Å². The summed E-state index contributed by atoms with van der Waals surface area (Å²) in [7, 11) is 4.31. The summed E-state index contributed by atoms with van der Waals surface area (Å²) in [4.78, 5) is 39.2. The van der Waals surface area contributed by atoms with E-state index in [1.54, 1.807) is 17.0 Å². The van der Waals surface area contributed by atoms with Crippen molar-refractivity contribution in [3.8, 4) is 5.75 Å². The molecular formula is C37H34Cl7NO8. The summed E-state index contributed by atoms with van der Waals surface area (Å²) in [6, 6.07) is 15.9. The van der Waals surface area contributed by atoms with Crippen LogP contribution < -0.4 is 9.64 Å². The first-order valence-corrected chi connectivity index (χ1v) is 18.1. The van der Waals surface area contributed by atoms with E-state index in [-0.39, 0.29) is 50.7 Å². The molecule has 0 heterocycles. The van der Waals surface area contributed by atoms with Crippen molar-refractivity contribution in [2.75, 3.05) is 39.4 Å². The number of nitrogens with zero attached hydrogens (tertiary/aromatic N) is 1. The Morgan fingerprint density at radius 1 is 0.604 bits per heavy atom. The second kappa shape index (κ2) is 20.6. The average molecular weight is 869 g/mol. The Morgan fingerprint density at radius 2 is 1.04 bits per heavy atom. The summed E-state index contributed by atoms with van der Waals surface area (Å²) in [5, 5.41) is 0.781. The molecule has 0 bridgehead atoms. The number of benzene rings is 4. The smallest absolute Gasteiger partial charge is 0.341 e. The van der Waals surface area contributed by atoms with Crippen molar-refractivity contribution in [2.24, 2.45) is 0 Å². The molecule has 0 aliphatic carbocycles. The quantitative estimate of drug-likeness (QED) is 0.0738. The first kappa shape index (κ1) is 44.4. The molecule has 0 amide bonds. The number of anilines is 1. The molecule has 0 spiro atoms. The van der Waals surface area contributed by atoms with Crippen LogP contribution in [0.5, 0.6) is 5.75 Å². The van der Waals surface area contributed by atoms with Crippen molar-refractivity contribution >= 4 is 104 Å². The Labute approximate surface area is 342 Å². The zero-order valence-electron chi connectivity index (χ0n) is 29.2. The molecule has 284 valence electrons. The maximum atomic E-state index is 13.3. The van der Waals surface area contributed by atoms with Gasteiger partial charge in [0.1, 0.15) is 13.2 Å². The minimum Gasteiger partial charge on any atom is -0.494 e. The minimum atomic E-state index is -1.09. The van der Waals surface area contributed by atoms with Crippen LogP contribution in [0.3, 0.4) is 0 Å². The van der Waals surface area contributed by atoms with E-state index in [4.69, 9.17) is 105 Å². The molecular weight excluding hydrogens is 835 g/mol. The van der Waals surface area contributed by atoms with E-state index >= 15 is 0 Å². The molecule has 0 fully saturated rings. The van der Waals surface area contributed by atoms with Crippen LogP contribution in [0, 0.1) is 20.8 Å². The molecule has 0 aliphatic rings. The molecule has 0 aliphatic heterocycles. The standard InChI is InChI=1S/C29H29Cl4NO6.C8H5Cl3O2/c1-16-10-18(3)25(11-17(16)2)34(26(14-37-4)39-28(35)21-12-19(30)6-8-23(21)32)27(15-38-5)40-29(36)22-13-20(31)7-9-24(22)33;1-13-7-5(10)3-2-4(9)6(7)8(11)12/h6-13,26-27H,14-15H2,1-5H3;2-3H,1H3. The van der Waals surface area contributed by atoms with Crippen molar-refractivity contribution in [1.82, 2.24) is 0 Å². The molecule has 4 aromatic carbocycles. The maximum Gasteiger partial charge on any atom is 0.341 e. The van der Waals surface area contributed by atoms with Crippen LogP contribution in [0.15, 0.2) is 60.7 Å². The van der Waals surface area contributed by atoms with Crippen molar-refractivity contribution in [1.29, 1.82) is 0 Å². The summed E-state index contributed by atoms with van der Waals surface area (Å²) in [5.41, 5.74) is 3.71. The van der Waals surface area contributed by atoms with Gasteiger partial charge in [-0.25, -0.2) is 9.59 Å². The Morgan fingerprint density at radius 3 is 1.45 bits per heavy atom. The van der Waals surface area contributed by atoms with Gasteiger partial charge in [-0.2, -0.15) is 0 Å². The van der Waals surface area contributed by atoms with Gasteiger partial charge in [0.25, 0.3) is 5.24 Å². The lowest BCUT2D eigenvalue weighted by atomic mass is 10.0. The third-order valence-corrected chi connectivity index (χ3v) is 9.50. The number of carbonyl (C=O) groups is 3. The summed E-state index contributed by atoms with van der Waals surface area (Å²) in [6.45, 7) is 5.65. The second-order valence-corrected chi connectivity index (χ2v) is 14.1. The molecule has 2 unspecified atom stereocenters. The third kappa shape index (κ3) is 11.8. The van der Waals surface area contributed by atoms with E-state index in [2.05, 4.69) is 0 Å². The van der Waals surface area contributed by atoms with Crippen LogP contribution in [0.1, 0.15) is 47.8 Å². The van der Waals surface area contributed by atoms with E-state index in [0.29, 0.717) is 20.8 Å². The van der Waals surface area contributed by atoms with Gasteiger partial charge < -0.3 is 23.7 Å². The zero-order valence-corrected chi connectivity index (χ0v) is 34.5. The second-order valence-electron chi connectivity index (χ2n) is 11.2. The third-order valence-electron chi connectivity index (χ3n) is 7.57. The predicted molar refractivity (Wildman–Crippen MR) is 211 cm³/mol. The number of halogens is 7. The average Bonchev–Trinajstić information content (AvgIpc) is 3.10. The molecule has 0 saturated carbocycles. The fourth-order valence-electron chi connectivity index (χ4n) is 4.94. The van der Waals surface area contributed by atoms with Gasteiger partial charge in [0.15, 0.2) is 5.75 Å². The lowest BCUT2D eigenvalue weighted by molar-refractivity contribution is -0.0342. The van der Waals surface area contributed by atoms with Crippen LogP contribution in [0.4, 0.5) is 5.69 Å². The van der Waals surface area contributed by atoms with Gasteiger partial charge in [0.05, 0.1) is 43.9 Å². The number of hydrogen-bond acceptors (Lipinski definition) is 9. The predicted octanol–water partition coefficient (Wildman–Crippen LogP) is 11.1. The summed E-state index contributed by atoms with van der Waals surface area (Å²) in [6.07, 6.45) is -2.17. The van der Waals surface area contributed by atoms with E-state index in [9.17, 15) is 14.4 Å². The Bertz CT molecular complexity index is 1880. The lowest BCUT2D eigenvalue weighted by Gasteiger charge is -2.39. The number of hydrogen-bond donors (Lipinski definition) is 0. The van der Waals surface area contributed by atoms with E-state index < -0.39 is 29.6 Å². The van der Waals surface area contributed by atoms with Gasteiger partial charge in [-0.3, -0.25) is 9.69 Å². The maximum absolute atomic E-state index is 13.3. The van der Waals surface area contributed by atoms with Crippen molar-refractivity contribution in [3.63, 3.8) is 0 Å². The molecule has 0 radical (unpaired) electrons. The minimum absolute atomic E-state index is 0.0676.